The van der Waals surface area contributed by atoms with Gasteiger partial charge < -0.3 is 5.32 Å². The van der Waals surface area contributed by atoms with Gasteiger partial charge in [-0.3, -0.25) is 0 Å². The summed E-state index contributed by atoms with van der Waals surface area (Å²) < 4.78 is 26.6. The van der Waals surface area contributed by atoms with Crippen molar-refractivity contribution < 1.29 is 8.78 Å². The van der Waals surface area contributed by atoms with Crippen molar-refractivity contribution in [3.8, 4) is 11.3 Å². The second kappa shape index (κ2) is 4.86. The second-order valence-corrected chi connectivity index (χ2v) is 3.42. The molecule has 0 bridgehead atoms. The van der Waals surface area contributed by atoms with Gasteiger partial charge in [-0.05, 0) is 19.1 Å². The Labute approximate surface area is 97.5 Å². The van der Waals surface area contributed by atoms with Crippen LogP contribution in [0.15, 0.2) is 30.6 Å². The highest BCUT2D eigenvalue weighted by Gasteiger charge is 2.11. The molecular weight excluding hydrogens is 224 g/mol. The Hall–Kier alpha value is -2.04. The van der Waals surface area contributed by atoms with E-state index in [0.29, 0.717) is 18.1 Å². The lowest BCUT2D eigenvalue weighted by Crippen LogP contribution is -2.00. The van der Waals surface area contributed by atoms with Crippen molar-refractivity contribution in [1.82, 2.24) is 9.97 Å². The lowest BCUT2D eigenvalue weighted by atomic mass is 10.1. The molecule has 0 aliphatic carbocycles. The quantitative estimate of drug-likeness (QED) is 0.888. The maximum Gasteiger partial charge on any atom is 0.168 e. The van der Waals surface area contributed by atoms with E-state index in [2.05, 4.69) is 15.3 Å². The first-order valence-corrected chi connectivity index (χ1v) is 5.22. The van der Waals surface area contributed by atoms with Gasteiger partial charge in [0.15, 0.2) is 11.6 Å². The fourth-order valence-corrected chi connectivity index (χ4v) is 1.48. The van der Waals surface area contributed by atoms with Crippen LogP contribution in [-0.4, -0.2) is 16.5 Å². The molecule has 0 aliphatic rings. The Balaban J connectivity index is 2.45. The Kier molecular flexibility index (Phi) is 3.27. The fourth-order valence-electron chi connectivity index (χ4n) is 1.48. The maximum atomic E-state index is 13.5. The zero-order chi connectivity index (χ0) is 12.3. The van der Waals surface area contributed by atoms with E-state index in [-0.39, 0.29) is 5.56 Å². The predicted molar refractivity (Wildman–Crippen MR) is 61.5 cm³/mol. The number of anilines is 1. The highest BCUT2D eigenvalue weighted by molar-refractivity contribution is 5.62. The third-order valence-electron chi connectivity index (χ3n) is 2.25. The molecule has 2 aromatic rings. The topological polar surface area (TPSA) is 37.8 Å². The van der Waals surface area contributed by atoms with Crippen LogP contribution in [0.2, 0.25) is 0 Å². The molecular formula is C12H11F2N3. The van der Waals surface area contributed by atoms with E-state index in [9.17, 15) is 8.78 Å². The standard InChI is InChI=1S/C12H11F2N3/c1-2-15-11-6-10(16-7-17-11)8-4-3-5-9(13)12(8)14/h3-7H,2H2,1H3,(H,15,16,17). The minimum atomic E-state index is -0.895. The first-order valence-electron chi connectivity index (χ1n) is 5.22. The SMILES string of the molecule is CCNc1cc(-c2cccc(F)c2F)ncn1. The number of rotatable bonds is 3. The first-order chi connectivity index (χ1) is 8.22. The summed E-state index contributed by atoms with van der Waals surface area (Å²) in [7, 11) is 0. The summed E-state index contributed by atoms with van der Waals surface area (Å²) in [5.41, 5.74) is 0.486. The molecule has 0 spiro atoms. The van der Waals surface area contributed by atoms with Gasteiger partial charge >= 0.3 is 0 Å². The van der Waals surface area contributed by atoms with Crippen molar-refractivity contribution >= 4 is 5.82 Å². The van der Waals surface area contributed by atoms with Gasteiger partial charge in [-0.25, -0.2) is 18.7 Å². The molecule has 1 N–H and O–H groups in total. The number of hydrogen-bond donors (Lipinski definition) is 1. The average Bonchev–Trinajstić information content (AvgIpc) is 2.33. The van der Waals surface area contributed by atoms with Gasteiger partial charge in [0.05, 0.1) is 5.69 Å². The van der Waals surface area contributed by atoms with Crippen molar-refractivity contribution in [2.75, 3.05) is 11.9 Å². The van der Waals surface area contributed by atoms with Crippen LogP contribution in [0, 0.1) is 11.6 Å². The van der Waals surface area contributed by atoms with Gasteiger partial charge in [0.1, 0.15) is 12.1 Å². The number of aromatic nitrogens is 2. The van der Waals surface area contributed by atoms with E-state index >= 15 is 0 Å². The second-order valence-electron chi connectivity index (χ2n) is 3.42. The Bertz CT molecular complexity index is 529. The number of hydrogen-bond acceptors (Lipinski definition) is 3. The van der Waals surface area contributed by atoms with Crippen LogP contribution in [0.4, 0.5) is 14.6 Å². The van der Waals surface area contributed by atoms with E-state index in [1.807, 2.05) is 6.92 Å². The monoisotopic (exact) mass is 235 g/mol. The molecule has 0 saturated carbocycles. The van der Waals surface area contributed by atoms with Crippen LogP contribution in [0.25, 0.3) is 11.3 Å². The van der Waals surface area contributed by atoms with E-state index in [1.165, 1.54) is 18.5 Å². The summed E-state index contributed by atoms with van der Waals surface area (Å²) in [5.74, 6) is -1.19. The van der Waals surface area contributed by atoms with E-state index in [0.717, 1.165) is 6.07 Å². The van der Waals surface area contributed by atoms with Crippen molar-refractivity contribution in [3.63, 3.8) is 0 Å². The molecule has 1 aromatic heterocycles. The molecule has 3 nitrogen and oxygen atoms in total. The summed E-state index contributed by atoms with van der Waals surface area (Å²) in [5, 5.41) is 2.98. The van der Waals surface area contributed by atoms with Crippen LogP contribution in [0.3, 0.4) is 0 Å². The molecule has 1 aromatic carbocycles. The molecule has 1 heterocycles. The molecule has 17 heavy (non-hydrogen) atoms. The minimum absolute atomic E-state index is 0.131. The molecule has 0 aliphatic heterocycles. The van der Waals surface area contributed by atoms with Gasteiger partial charge in [0, 0.05) is 18.2 Å². The molecule has 0 unspecified atom stereocenters. The number of benzene rings is 1. The molecule has 0 fully saturated rings. The third-order valence-corrected chi connectivity index (χ3v) is 2.25. The van der Waals surface area contributed by atoms with Crippen molar-refractivity contribution in [2.45, 2.75) is 6.92 Å². The minimum Gasteiger partial charge on any atom is -0.370 e. The van der Waals surface area contributed by atoms with Crippen molar-refractivity contribution in [2.24, 2.45) is 0 Å². The molecule has 0 saturated heterocycles. The van der Waals surface area contributed by atoms with Crippen LogP contribution in [-0.2, 0) is 0 Å². The van der Waals surface area contributed by atoms with Crippen LogP contribution >= 0.6 is 0 Å². The zero-order valence-electron chi connectivity index (χ0n) is 9.24. The normalized spacial score (nSPS) is 10.3. The van der Waals surface area contributed by atoms with Gasteiger partial charge in [-0.1, -0.05) is 6.07 Å². The van der Waals surface area contributed by atoms with Crippen LogP contribution in [0.1, 0.15) is 6.92 Å². The number of nitrogens with zero attached hydrogens (tertiary/aromatic N) is 2. The summed E-state index contributed by atoms with van der Waals surface area (Å²) in [6.07, 6.45) is 1.32. The van der Waals surface area contributed by atoms with Crippen LogP contribution in [0.5, 0.6) is 0 Å². The van der Waals surface area contributed by atoms with Gasteiger partial charge in [-0.2, -0.15) is 0 Å². The first kappa shape index (κ1) is 11.4. The van der Waals surface area contributed by atoms with Crippen LogP contribution < -0.4 is 5.32 Å². The summed E-state index contributed by atoms with van der Waals surface area (Å²) >= 11 is 0. The molecule has 0 atom stereocenters. The maximum absolute atomic E-state index is 13.5. The highest BCUT2D eigenvalue weighted by atomic mass is 19.2. The summed E-state index contributed by atoms with van der Waals surface area (Å²) in [6.45, 7) is 2.62. The summed E-state index contributed by atoms with van der Waals surface area (Å²) in [4.78, 5) is 7.90. The van der Waals surface area contributed by atoms with Crippen molar-refractivity contribution in [1.29, 1.82) is 0 Å². The van der Waals surface area contributed by atoms with E-state index < -0.39 is 11.6 Å². The lowest BCUT2D eigenvalue weighted by molar-refractivity contribution is 0.511. The van der Waals surface area contributed by atoms with Gasteiger partial charge in [0.2, 0.25) is 0 Å². The summed E-state index contributed by atoms with van der Waals surface area (Å²) in [6, 6.07) is 5.59. The molecule has 0 radical (unpaired) electrons. The van der Waals surface area contributed by atoms with Crippen molar-refractivity contribution in [3.05, 3.63) is 42.2 Å². The Morgan fingerprint density at radius 1 is 1.24 bits per heavy atom. The molecule has 5 heteroatoms. The number of halogens is 2. The molecule has 2 rings (SSSR count). The van der Waals surface area contributed by atoms with Gasteiger partial charge in [0.25, 0.3) is 0 Å². The molecule has 88 valence electrons. The average molecular weight is 235 g/mol. The molecule has 0 amide bonds. The highest BCUT2D eigenvalue weighted by Crippen LogP contribution is 2.23. The van der Waals surface area contributed by atoms with E-state index in [4.69, 9.17) is 0 Å². The Morgan fingerprint density at radius 3 is 2.82 bits per heavy atom. The lowest BCUT2D eigenvalue weighted by Gasteiger charge is -2.06. The van der Waals surface area contributed by atoms with Gasteiger partial charge in [-0.15, -0.1) is 0 Å². The third kappa shape index (κ3) is 2.38. The van der Waals surface area contributed by atoms with E-state index in [1.54, 1.807) is 6.07 Å². The predicted octanol–water partition coefficient (Wildman–Crippen LogP) is 2.85. The Morgan fingerprint density at radius 2 is 2.06 bits per heavy atom. The smallest absolute Gasteiger partial charge is 0.168 e. The largest absolute Gasteiger partial charge is 0.370 e. The number of nitrogens with one attached hydrogen (secondary N) is 1. The fraction of sp³-hybridized carbons (Fsp3) is 0.167. The zero-order valence-corrected chi connectivity index (χ0v) is 9.24.